The molecule has 7 nitrogen and oxygen atoms in total. The number of non-ortho nitro benzene ring substituents is 1. The van der Waals surface area contributed by atoms with E-state index in [-0.39, 0.29) is 17.3 Å². The number of amides is 1. The van der Waals surface area contributed by atoms with Crippen molar-refractivity contribution >= 4 is 40.8 Å². The maximum Gasteiger partial charge on any atom is 0.269 e. The lowest BCUT2D eigenvalue weighted by molar-refractivity contribution is -0.384. The van der Waals surface area contributed by atoms with Crippen molar-refractivity contribution in [2.45, 2.75) is 22.9 Å². The molecule has 3 rings (SSSR count). The van der Waals surface area contributed by atoms with E-state index >= 15 is 0 Å². The molecule has 0 fully saturated rings. The lowest BCUT2D eigenvalue weighted by Gasteiger charge is -2.07. The molecule has 0 saturated heterocycles. The van der Waals surface area contributed by atoms with E-state index in [1.165, 1.54) is 41.6 Å². The van der Waals surface area contributed by atoms with Crippen molar-refractivity contribution in [3.63, 3.8) is 0 Å². The van der Waals surface area contributed by atoms with Gasteiger partial charge in [-0.1, -0.05) is 53.9 Å². The van der Waals surface area contributed by atoms with Crippen LogP contribution in [0.3, 0.4) is 0 Å². The summed E-state index contributed by atoms with van der Waals surface area (Å²) >= 11 is 2.87. The van der Waals surface area contributed by atoms with Crippen LogP contribution in [0.4, 0.5) is 11.4 Å². The lowest BCUT2D eigenvalue weighted by Crippen LogP contribution is -2.14. The molecular weight excluding hydrogens is 408 g/mol. The number of aromatic nitrogens is 2. The highest BCUT2D eigenvalue weighted by molar-refractivity contribution is 8.00. The van der Waals surface area contributed by atoms with Crippen molar-refractivity contribution in [3.8, 4) is 0 Å². The Morgan fingerprint density at radius 1 is 1.07 bits per heavy atom. The summed E-state index contributed by atoms with van der Waals surface area (Å²) in [6, 6.07) is 17.7. The van der Waals surface area contributed by atoms with E-state index in [4.69, 9.17) is 0 Å². The van der Waals surface area contributed by atoms with Crippen LogP contribution < -0.4 is 5.32 Å². The number of carbonyl (C=O) groups is 1. The first-order chi connectivity index (χ1) is 14.0. The molecule has 1 amide bonds. The highest BCUT2D eigenvalue weighted by Crippen LogP contribution is 2.24. The molecule has 29 heavy (non-hydrogen) atoms. The minimum absolute atomic E-state index is 0.0191. The summed E-state index contributed by atoms with van der Waals surface area (Å²) in [5.41, 5.74) is 2.53. The van der Waals surface area contributed by atoms with Gasteiger partial charge in [-0.2, -0.15) is 0 Å². The SMILES string of the molecule is Cc1cc(SCC(=O)Nc2ccc([N+](=O)[O-])cc2)nc(SCc2ccccc2)n1. The summed E-state index contributed by atoms with van der Waals surface area (Å²) < 4.78 is 0. The molecule has 0 aliphatic rings. The summed E-state index contributed by atoms with van der Waals surface area (Å²) in [6.45, 7) is 1.90. The monoisotopic (exact) mass is 426 g/mol. The third kappa shape index (κ3) is 6.58. The maximum atomic E-state index is 12.2. The van der Waals surface area contributed by atoms with E-state index in [0.29, 0.717) is 10.8 Å². The minimum Gasteiger partial charge on any atom is -0.325 e. The van der Waals surface area contributed by atoms with Gasteiger partial charge in [0.1, 0.15) is 5.03 Å². The number of nitro groups is 1. The zero-order chi connectivity index (χ0) is 20.6. The second-order valence-electron chi connectivity index (χ2n) is 6.05. The predicted molar refractivity (Wildman–Crippen MR) is 115 cm³/mol. The molecule has 0 aliphatic carbocycles. The lowest BCUT2D eigenvalue weighted by atomic mass is 10.2. The second-order valence-corrected chi connectivity index (χ2v) is 7.98. The standard InChI is InChI=1S/C20H18N4O3S2/c1-14-11-19(23-20(21-14)29-12-15-5-3-2-4-6-15)28-13-18(25)22-16-7-9-17(10-8-16)24(26)27/h2-11H,12-13H2,1H3,(H,22,25). The summed E-state index contributed by atoms with van der Waals surface area (Å²) in [5.74, 6) is 0.740. The van der Waals surface area contributed by atoms with Crippen LogP contribution in [0, 0.1) is 17.0 Å². The highest BCUT2D eigenvalue weighted by Gasteiger charge is 2.09. The fourth-order valence-corrected chi connectivity index (χ4v) is 4.05. The molecule has 9 heteroatoms. The molecule has 0 saturated carbocycles. The Balaban J connectivity index is 1.54. The molecule has 0 bridgehead atoms. The van der Waals surface area contributed by atoms with Crippen LogP contribution in [0.5, 0.6) is 0 Å². The van der Waals surface area contributed by atoms with Crippen molar-refractivity contribution < 1.29 is 9.72 Å². The number of hydrogen-bond acceptors (Lipinski definition) is 7. The summed E-state index contributed by atoms with van der Waals surface area (Å²) in [7, 11) is 0. The number of anilines is 1. The van der Waals surface area contributed by atoms with E-state index in [9.17, 15) is 14.9 Å². The van der Waals surface area contributed by atoms with Crippen molar-refractivity contribution in [1.29, 1.82) is 0 Å². The first-order valence-electron chi connectivity index (χ1n) is 8.69. The van der Waals surface area contributed by atoms with Gasteiger partial charge in [-0.15, -0.1) is 0 Å². The Kier molecular flexibility index (Phi) is 7.20. The number of hydrogen-bond donors (Lipinski definition) is 1. The van der Waals surface area contributed by atoms with Gasteiger partial charge in [0.2, 0.25) is 5.91 Å². The Morgan fingerprint density at radius 3 is 2.48 bits per heavy atom. The Morgan fingerprint density at radius 2 is 1.79 bits per heavy atom. The van der Waals surface area contributed by atoms with Gasteiger partial charge in [-0.3, -0.25) is 14.9 Å². The van der Waals surface area contributed by atoms with Gasteiger partial charge in [0.05, 0.1) is 10.7 Å². The van der Waals surface area contributed by atoms with E-state index < -0.39 is 4.92 Å². The van der Waals surface area contributed by atoms with Gasteiger partial charge < -0.3 is 5.32 Å². The number of benzene rings is 2. The second kappa shape index (κ2) is 10.0. The molecule has 0 spiro atoms. The van der Waals surface area contributed by atoms with Crippen LogP contribution >= 0.6 is 23.5 Å². The predicted octanol–water partition coefficient (Wildman–Crippen LogP) is 4.72. The number of rotatable bonds is 8. The normalized spacial score (nSPS) is 10.5. The Hall–Kier alpha value is -2.91. The average molecular weight is 427 g/mol. The summed E-state index contributed by atoms with van der Waals surface area (Å²) in [6.07, 6.45) is 0. The smallest absolute Gasteiger partial charge is 0.269 e. The zero-order valence-corrected chi connectivity index (χ0v) is 17.2. The molecule has 2 aromatic carbocycles. The number of carbonyl (C=O) groups excluding carboxylic acids is 1. The van der Waals surface area contributed by atoms with Crippen molar-refractivity contribution in [2.24, 2.45) is 0 Å². The molecule has 0 unspecified atom stereocenters. The topological polar surface area (TPSA) is 98.0 Å². The first kappa shape index (κ1) is 20.8. The van der Waals surface area contributed by atoms with E-state index in [0.717, 1.165) is 16.5 Å². The van der Waals surface area contributed by atoms with Gasteiger partial charge in [-0.05, 0) is 30.7 Å². The quantitative estimate of drug-likeness (QED) is 0.183. The van der Waals surface area contributed by atoms with Crippen molar-refractivity contribution in [1.82, 2.24) is 9.97 Å². The molecule has 1 aromatic heterocycles. The number of nitro benzene ring substituents is 1. The number of aryl methyl sites for hydroxylation is 1. The van der Waals surface area contributed by atoms with Crippen molar-refractivity contribution in [3.05, 3.63) is 82.0 Å². The molecule has 1 heterocycles. The largest absolute Gasteiger partial charge is 0.325 e. The van der Waals surface area contributed by atoms with Gasteiger partial charge in [0.25, 0.3) is 5.69 Å². The number of thioether (sulfide) groups is 2. The van der Waals surface area contributed by atoms with Gasteiger partial charge in [-0.25, -0.2) is 9.97 Å². The van der Waals surface area contributed by atoms with Crippen LogP contribution in [-0.4, -0.2) is 26.6 Å². The number of nitrogens with one attached hydrogen (secondary N) is 1. The molecule has 0 atom stereocenters. The fourth-order valence-electron chi connectivity index (χ4n) is 2.38. The first-order valence-corrected chi connectivity index (χ1v) is 10.7. The number of nitrogens with zero attached hydrogens (tertiary/aromatic N) is 3. The Bertz CT molecular complexity index is 998. The molecule has 3 aromatic rings. The molecule has 1 N–H and O–H groups in total. The minimum atomic E-state index is -0.480. The van der Waals surface area contributed by atoms with E-state index in [1.807, 2.05) is 31.2 Å². The molecule has 0 radical (unpaired) electrons. The molecular formula is C20H18N4O3S2. The van der Waals surface area contributed by atoms with Crippen LogP contribution in [0.15, 0.2) is 70.8 Å². The Labute approximate surface area is 176 Å². The van der Waals surface area contributed by atoms with Crippen LogP contribution in [0.2, 0.25) is 0 Å². The van der Waals surface area contributed by atoms with E-state index in [1.54, 1.807) is 11.8 Å². The fraction of sp³-hybridized carbons (Fsp3) is 0.150. The van der Waals surface area contributed by atoms with Crippen molar-refractivity contribution in [2.75, 3.05) is 11.1 Å². The van der Waals surface area contributed by atoms with Gasteiger partial charge >= 0.3 is 0 Å². The van der Waals surface area contributed by atoms with Gasteiger partial charge in [0.15, 0.2) is 5.16 Å². The molecule has 0 aliphatic heterocycles. The maximum absolute atomic E-state index is 12.2. The molecule has 148 valence electrons. The summed E-state index contributed by atoms with van der Waals surface area (Å²) in [4.78, 5) is 31.3. The van der Waals surface area contributed by atoms with Gasteiger partial charge in [0, 0.05) is 29.3 Å². The average Bonchev–Trinajstić information content (AvgIpc) is 2.72. The third-order valence-corrected chi connectivity index (χ3v) is 5.56. The third-order valence-electron chi connectivity index (χ3n) is 3.73. The highest BCUT2D eigenvalue weighted by atomic mass is 32.2. The van der Waals surface area contributed by atoms with Crippen LogP contribution in [0.1, 0.15) is 11.3 Å². The zero-order valence-electron chi connectivity index (χ0n) is 15.6. The van der Waals surface area contributed by atoms with Crippen LogP contribution in [-0.2, 0) is 10.5 Å². The summed E-state index contributed by atoms with van der Waals surface area (Å²) in [5, 5.41) is 14.8. The van der Waals surface area contributed by atoms with Crippen LogP contribution in [0.25, 0.3) is 0 Å². The van der Waals surface area contributed by atoms with E-state index in [2.05, 4.69) is 27.4 Å².